The molecule has 2 aromatic rings. The minimum absolute atomic E-state index is 0.00523. The number of fused-ring (bicyclic) bond motifs is 1. The van der Waals surface area contributed by atoms with Gasteiger partial charge in [-0.05, 0) is 61.0 Å². The van der Waals surface area contributed by atoms with Crippen molar-refractivity contribution >= 4 is 23.2 Å². The zero-order valence-corrected chi connectivity index (χ0v) is 15.9. The van der Waals surface area contributed by atoms with E-state index < -0.39 is 0 Å². The van der Waals surface area contributed by atoms with Gasteiger partial charge in [-0.3, -0.25) is 4.79 Å². The second-order valence-corrected chi connectivity index (χ2v) is 7.09. The molecule has 26 heavy (non-hydrogen) atoms. The maximum absolute atomic E-state index is 12.7. The van der Waals surface area contributed by atoms with Gasteiger partial charge in [0.05, 0.1) is 18.2 Å². The first-order valence-corrected chi connectivity index (χ1v) is 9.77. The van der Waals surface area contributed by atoms with E-state index in [1.807, 2.05) is 4.90 Å². The van der Waals surface area contributed by atoms with Gasteiger partial charge < -0.3 is 14.4 Å². The number of amides is 1. The number of hydrogen-bond donors (Lipinski definition) is 0. The molecule has 1 aliphatic heterocycles. The topological polar surface area (TPSA) is 55.8 Å². The Balaban J connectivity index is 1.59. The molecule has 0 fully saturated rings. The van der Waals surface area contributed by atoms with Gasteiger partial charge in [-0.1, -0.05) is 6.92 Å². The number of hydrogen-bond acceptors (Lipinski definition) is 5. The van der Waals surface area contributed by atoms with Crippen LogP contribution in [-0.4, -0.2) is 36.5 Å². The number of nitrogens with zero attached hydrogens (tertiary/aromatic N) is 1. The molecule has 0 saturated carbocycles. The van der Waals surface area contributed by atoms with Gasteiger partial charge >= 0.3 is 5.97 Å². The summed E-state index contributed by atoms with van der Waals surface area (Å²) in [7, 11) is 0. The third-order valence-electron chi connectivity index (χ3n) is 4.53. The summed E-state index contributed by atoms with van der Waals surface area (Å²) in [5.41, 5.74) is 1.74. The molecule has 1 amide bonds. The Morgan fingerprint density at radius 1 is 1.19 bits per heavy atom. The van der Waals surface area contributed by atoms with Gasteiger partial charge in [-0.2, -0.15) is 0 Å². The quantitative estimate of drug-likeness (QED) is 0.722. The molecule has 0 spiro atoms. The molecule has 0 radical (unpaired) electrons. The molecular formula is C20H23NO4S. The van der Waals surface area contributed by atoms with Crippen molar-refractivity contribution in [3.63, 3.8) is 0 Å². The van der Waals surface area contributed by atoms with Crippen LogP contribution >= 0.6 is 11.3 Å². The van der Waals surface area contributed by atoms with Crippen molar-refractivity contribution in [1.82, 2.24) is 4.90 Å². The molecule has 0 aliphatic carbocycles. The highest BCUT2D eigenvalue weighted by Gasteiger charge is 2.30. The molecule has 1 aliphatic rings. The Labute approximate surface area is 157 Å². The average molecular weight is 373 g/mol. The predicted octanol–water partition coefficient (Wildman–Crippen LogP) is 3.84. The van der Waals surface area contributed by atoms with E-state index >= 15 is 0 Å². The Bertz CT molecular complexity index is 768. The summed E-state index contributed by atoms with van der Waals surface area (Å²) >= 11 is 1.77. The van der Waals surface area contributed by atoms with Gasteiger partial charge in [0.2, 0.25) is 0 Å². The zero-order chi connectivity index (χ0) is 18.5. The average Bonchev–Trinajstić information content (AvgIpc) is 3.14. The van der Waals surface area contributed by atoms with Gasteiger partial charge in [0.15, 0.2) is 6.61 Å². The molecule has 1 aromatic carbocycles. The van der Waals surface area contributed by atoms with E-state index in [2.05, 4.69) is 18.4 Å². The lowest BCUT2D eigenvalue weighted by atomic mass is 9.98. The highest BCUT2D eigenvalue weighted by atomic mass is 32.1. The number of carbonyl (C=O) groups is 2. The van der Waals surface area contributed by atoms with Crippen molar-refractivity contribution in [2.24, 2.45) is 0 Å². The largest absolute Gasteiger partial charge is 0.484 e. The fraction of sp³-hybridized carbons (Fsp3) is 0.400. The summed E-state index contributed by atoms with van der Waals surface area (Å²) < 4.78 is 10.6. The number of esters is 1. The van der Waals surface area contributed by atoms with Crippen LogP contribution in [0.3, 0.4) is 0 Å². The van der Waals surface area contributed by atoms with E-state index in [-0.39, 0.29) is 24.5 Å². The number of thiophene rings is 1. The van der Waals surface area contributed by atoms with Crippen molar-refractivity contribution in [1.29, 1.82) is 0 Å². The summed E-state index contributed by atoms with van der Waals surface area (Å²) in [6.45, 7) is 4.94. The molecular weight excluding hydrogens is 350 g/mol. The minimum atomic E-state index is -0.360. The Morgan fingerprint density at radius 3 is 2.65 bits per heavy atom. The van der Waals surface area contributed by atoms with Crippen LogP contribution < -0.4 is 4.74 Å². The Hall–Kier alpha value is -2.34. The van der Waals surface area contributed by atoms with Gasteiger partial charge in [0.25, 0.3) is 5.91 Å². The lowest BCUT2D eigenvalue weighted by Gasteiger charge is -2.35. The fourth-order valence-corrected chi connectivity index (χ4v) is 4.19. The van der Waals surface area contributed by atoms with Crippen LogP contribution in [0.1, 0.15) is 47.1 Å². The lowest BCUT2D eigenvalue weighted by molar-refractivity contribution is -0.136. The van der Waals surface area contributed by atoms with Gasteiger partial charge in [0.1, 0.15) is 5.75 Å². The van der Waals surface area contributed by atoms with E-state index in [4.69, 9.17) is 9.47 Å². The molecule has 1 atom stereocenters. The van der Waals surface area contributed by atoms with Crippen LogP contribution in [0.5, 0.6) is 5.75 Å². The van der Waals surface area contributed by atoms with Crippen molar-refractivity contribution in [2.75, 3.05) is 19.8 Å². The number of benzene rings is 1. The molecule has 0 N–H and O–H groups in total. The van der Waals surface area contributed by atoms with Crippen molar-refractivity contribution < 1.29 is 19.1 Å². The second-order valence-electron chi connectivity index (χ2n) is 6.09. The summed E-state index contributed by atoms with van der Waals surface area (Å²) in [6, 6.07) is 8.92. The molecule has 6 heteroatoms. The van der Waals surface area contributed by atoms with E-state index in [0.717, 1.165) is 19.4 Å². The van der Waals surface area contributed by atoms with E-state index in [9.17, 15) is 9.59 Å². The van der Waals surface area contributed by atoms with Crippen LogP contribution in [0.2, 0.25) is 0 Å². The van der Waals surface area contributed by atoms with Crippen LogP contribution in [0, 0.1) is 0 Å². The molecule has 3 rings (SSSR count). The Kier molecular flexibility index (Phi) is 5.93. The molecule has 5 nitrogen and oxygen atoms in total. The first-order chi connectivity index (χ1) is 12.6. The number of rotatable bonds is 6. The summed E-state index contributed by atoms with van der Waals surface area (Å²) in [4.78, 5) is 27.6. The molecule has 138 valence electrons. The highest BCUT2D eigenvalue weighted by molar-refractivity contribution is 7.10. The molecule has 1 aromatic heterocycles. The normalized spacial score (nSPS) is 16.1. The SMILES string of the molecule is CCOC(=O)c1ccc(OCC(=O)N2CCc3sccc3C2CC)cc1. The number of carbonyl (C=O) groups excluding carboxylic acids is 2. The number of ether oxygens (including phenoxy) is 2. The summed E-state index contributed by atoms with van der Waals surface area (Å²) in [6.07, 6.45) is 1.80. The van der Waals surface area contributed by atoms with Crippen molar-refractivity contribution in [3.8, 4) is 5.75 Å². The predicted molar refractivity (Wildman–Crippen MR) is 101 cm³/mol. The van der Waals surface area contributed by atoms with Crippen LogP contribution in [0.25, 0.3) is 0 Å². The van der Waals surface area contributed by atoms with E-state index in [1.54, 1.807) is 42.5 Å². The first kappa shape index (κ1) is 18.5. The standard InChI is InChI=1S/C20H23NO4S/c1-3-17-16-10-12-26-18(16)9-11-21(17)19(22)13-25-15-7-5-14(6-8-15)20(23)24-4-2/h5-8,10,12,17H,3-4,9,11,13H2,1-2H3. The lowest BCUT2D eigenvalue weighted by Crippen LogP contribution is -2.41. The van der Waals surface area contributed by atoms with E-state index in [0.29, 0.717) is 17.9 Å². The Morgan fingerprint density at radius 2 is 1.96 bits per heavy atom. The van der Waals surface area contributed by atoms with Crippen molar-refractivity contribution in [2.45, 2.75) is 32.7 Å². The molecule has 0 saturated heterocycles. The monoisotopic (exact) mass is 373 g/mol. The minimum Gasteiger partial charge on any atom is -0.484 e. The maximum Gasteiger partial charge on any atom is 0.338 e. The molecule has 1 unspecified atom stereocenters. The fourth-order valence-electron chi connectivity index (χ4n) is 3.26. The van der Waals surface area contributed by atoms with Crippen LogP contribution in [0.4, 0.5) is 0 Å². The molecule has 2 heterocycles. The molecule has 0 bridgehead atoms. The van der Waals surface area contributed by atoms with Gasteiger partial charge in [-0.15, -0.1) is 11.3 Å². The van der Waals surface area contributed by atoms with Crippen molar-refractivity contribution in [3.05, 3.63) is 51.7 Å². The van der Waals surface area contributed by atoms with Crippen LogP contribution in [-0.2, 0) is 16.0 Å². The van der Waals surface area contributed by atoms with Gasteiger partial charge in [0, 0.05) is 11.4 Å². The maximum atomic E-state index is 12.7. The third-order valence-corrected chi connectivity index (χ3v) is 5.53. The first-order valence-electron chi connectivity index (χ1n) is 8.89. The van der Waals surface area contributed by atoms with Crippen LogP contribution in [0.15, 0.2) is 35.7 Å². The van der Waals surface area contributed by atoms with Gasteiger partial charge in [-0.25, -0.2) is 4.79 Å². The summed E-state index contributed by atoms with van der Waals surface area (Å²) in [5, 5.41) is 2.10. The smallest absolute Gasteiger partial charge is 0.338 e. The highest BCUT2D eigenvalue weighted by Crippen LogP contribution is 2.35. The van der Waals surface area contributed by atoms with E-state index in [1.165, 1.54) is 10.4 Å². The summed E-state index contributed by atoms with van der Waals surface area (Å²) in [5.74, 6) is 0.191. The zero-order valence-electron chi connectivity index (χ0n) is 15.1. The second kappa shape index (κ2) is 8.36. The third kappa shape index (κ3) is 3.90.